The summed E-state index contributed by atoms with van der Waals surface area (Å²) in [5.74, 6) is -0.150. The highest BCUT2D eigenvalue weighted by atomic mass is 16.5. The first-order valence-corrected chi connectivity index (χ1v) is 13.2. The molecule has 2 aliphatic heterocycles. The number of amides is 1. The van der Waals surface area contributed by atoms with Gasteiger partial charge in [0.1, 0.15) is 23.9 Å². The molecule has 1 N–H and O–H groups in total. The molecule has 1 amide bonds. The van der Waals surface area contributed by atoms with Crippen molar-refractivity contribution in [2.45, 2.75) is 25.8 Å². The van der Waals surface area contributed by atoms with Crippen molar-refractivity contribution in [3.8, 4) is 11.5 Å². The predicted octanol–water partition coefficient (Wildman–Crippen LogP) is 4.18. The Bertz CT molecular complexity index is 1140. The van der Waals surface area contributed by atoms with Crippen LogP contribution < -0.4 is 9.47 Å². The smallest absolute Gasteiger partial charge is 0.295 e. The van der Waals surface area contributed by atoms with E-state index in [1.807, 2.05) is 19.1 Å². The van der Waals surface area contributed by atoms with Crippen LogP contribution in [0.25, 0.3) is 5.76 Å². The molecule has 0 bridgehead atoms. The van der Waals surface area contributed by atoms with Crippen LogP contribution in [0, 0.1) is 0 Å². The molecule has 2 aromatic carbocycles. The molecule has 2 heterocycles. The van der Waals surface area contributed by atoms with Gasteiger partial charge in [-0.15, -0.1) is 0 Å². The van der Waals surface area contributed by atoms with Crippen LogP contribution in [-0.4, -0.2) is 79.2 Å². The standard InChI is InChI=1S/C30H36N2O6/c1-3-18-37-24-10-6-22(7-11-24)27-26(28(33)23-8-12-25(13-9-23)38-19-4-2)29(34)30(35)32(27)15-5-14-31-16-20-36-21-17-31/h3,6-13,27,33H,1,4-5,14-21H2,2H3/b28-26-. The monoisotopic (exact) mass is 520 g/mol. The van der Waals surface area contributed by atoms with E-state index in [4.69, 9.17) is 14.2 Å². The molecule has 0 aromatic heterocycles. The average Bonchev–Trinajstić information content (AvgIpc) is 3.21. The highest BCUT2D eigenvalue weighted by Crippen LogP contribution is 2.40. The maximum absolute atomic E-state index is 13.3. The van der Waals surface area contributed by atoms with E-state index in [0.29, 0.717) is 56.5 Å². The van der Waals surface area contributed by atoms with Gasteiger partial charge >= 0.3 is 0 Å². The number of aliphatic hydroxyl groups excluding tert-OH is 1. The number of ether oxygens (including phenoxy) is 3. The van der Waals surface area contributed by atoms with Crippen LogP contribution in [0.15, 0.2) is 66.8 Å². The van der Waals surface area contributed by atoms with Gasteiger partial charge in [-0.25, -0.2) is 0 Å². The number of nitrogens with zero attached hydrogens (tertiary/aromatic N) is 2. The zero-order valence-electron chi connectivity index (χ0n) is 21.9. The summed E-state index contributed by atoms with van der Waals surface area (Å²) in [4.78, 5) is 30.4. The lowest BCUT2D eigenvalue weighted by molar-refractivity contribution is -0.140. The van der Waals surface area contributed by atoms with E-state index < -0.39 is 17.7 Å². The number of hydrogen-bond acceptors (Lipinski definition) is 7. The number of ketones is 1. The van der Waals surface area contributed by atoms with Gasteiger partial charge in [-0.2, -0.15) is 0 Å². The van der Waals surface area contributed by atoms with Crippen molar-refractivity contribution in [3.63, 3.8) is 0 Å². The second-order valence-electron chi connectivity index (χ2n) is 9.34. The highest BCUT2D eigenvalue weighted by Gasteiger charge is 2.45. The van der Waals surface area contributed by atoms with Gasteiger partial charge in [0.05, 0.1) is 31.4 Å². The molecule has 0 aliphatic carbocycles. The van der Waals surface area contributed by atoms with Gasteiger partial charge in [0, 0.05) is 31.7 Å². The Morgan fingerprint density at radius 2 is 1.68 bits per heavy atom. The normalized spacial score (nSPS) is 19.5. The lowest BCUT2D eigenvalue weighted by Crippen LogP contribution is -2.38. The van der Waals surface area contributed by atoms with Gasteiger partial charge in [-0.1, -0.05) is 31.7 Å². The Hall–Kier alpha value is -3.62. The van der Waals surface area contributed by atoms with Crippen molar-refractivity contribution >= 4 is 17.4 Å². The molecule has 2 fully saturated rings. The number of benzene rings is 2. The fourth-order valence-electron chi connectivity index (χ4n) is 4.73. The van der Waals surface area contributed by atoms with Crippen molar-refractivity contribution in [2.75, 3.05) is 52.6 Å². The van der Waals surface area contributed by atoms with Gasteiger partial charge in [0.25, 0.3) is 11.7 Å². The van der Waals surface area contributed by atoms with Crippen molar-refractivity contribution in [2.24, 2.45) is 0 Å². The summed E-state index contributed by atoms with van der Waals surface area (Å²) in [6.45, 7) is 11.0. The molecule has 1 unspecified atom stereocenters. The van der Waals surface area contributed by atoms with Gasteiger partial charge < -0.3 is 24.2 Å². The number of rotatable bonds is 12. The number of likely N-dealkylation sites (tertiary alicyclic amines) is 1. The molecular formula is C30H36N2O6. The summed E-state index contributed by atoms with van der Waals surface area (Å²) in [6, 6.07) is 13.5. The maximum Gasteiger partial charge on any atom is 0.295 e. The molecule has 0 saturated carbocycles. The maximum atomic E-state index is 13.3. The second kappa shape index (κ2) is 13.3. The molecule has 4 rings (SSSR count). The fraction of sp³-hybridized carbons (Fsp3) is 0.400. The van der Waals surface area contributed by atoms with Crippen LogP contribution in [0.2, 0.25) is 0 Å². The molecule has 8 nitrogen and oxygen atoms in total. The quantitative estimate of drug-likeness (QED) is 0.194. The topological polar surface area (TPSA) is 88.5 Å². The van der Waals surface area contributed by atoms with Crippen molar-refractivity contribution < 1.29 is 28.9 Å². The molecule has 202 valence electrons. The Morgan fingerprint density at radius 1 is 1.03 bits per heavy atom. The third-order valence-electron chi connectivity index (χ3n) is 6.68. The zero-order chi connectivity index (χ0) is 26.9. The summed E-state index contributed by atoms with van der Waals surface area (Å²) in [7, 11) is 0. The molecule has 2 aromatic rings. The van der Waals surface area contributed by atoms with Gasteiger partial charge in [0.15, 0.2) is 0 Å². The van der Waals surface area contributed by atoms with Gasteiger partial charge in [-0.05, 0) is 54.8 Å². The van der Waals surface area contributed by atoms with E-state index >= 15 is 0 Å². The van der Waals surface area contributed by atoms with E-state index in [1.54, 1.807) is 47.4 Å². The van der Waals surface area contributed by atoms with Crippen LogP contribution in [-0.2, 0) is 14.3 Å². The van der Waals surface area contributed by atoms with E-state index in [1.165, 1.54) is 0 Å². The third kappa shape index (κ3) is 6.44. The minimum Gasteiger partial charge on any atom is -0.507 e. The fourth-order valence-corrected chi connectivity index (χ4v) is 4.73. The SMILES string of the molecule is C=CCOc1ccc(C2/C(=C(/O)c3ccc(OCCC)cc3)C(=O)C(=O)N2CCCN2CCOCC2)cc1. The number of Topliss-reactive ketones (excluding diaryl/α,β-unsaturated/α-hetero) is 1. The van der Waals surface area contributed by atoms with E-state index in [9.17, 15) is 14.7 Å². The molecular weight excluding hydrogens is 484 g/mol. The molecule has 0 radical (unpaired) electrons. The van der Waals surface area contributed by atoms with E-state index in [2.05, 4.69) is 11.5 Å². The summed E-state index contributed by atoms with van der Waals surface area (Å²) < 4.78 is 16.7. The molecule has 2 saturated heterocycles. The number of carbonyl (C=O) groups excluding carboxylic acids is 2. The number of aliphatic hydroxyl groups is 1. The van der Waals surface area contributed by atoms with E-state index in [0.717, 1.165) is 31.6 Å². The molecule has 8 heteroatoms. The minimum atomic E-state index is -0.704. The van der Waals surface area contributed by atoms with Crippen LogP contribution >= 0.6 is 0 Å². The number of carbonyl (C=O) groups is 2. The minimum absolute atomic E-state index is 0.0864. The Labute approximate surface area is 224 Å². The Kier molecular flexibility index (Phi) is 9.56. The first-order valence-electron chi connectivity index (χ1n) is 13.2. The van der Waals surface area contributed by atoms with Gasteiger partial charge in [0.2, 0.25) is 0 Å². The van der Waals surface area contributed by atoms with Crippen molar-refractivity contribution in [1.82, 2.24) is 9.80 Å². The molecule has 38 heavy (non-hydrogen) atoms. The Morgan fingerprint density at radius 3 is 2.34 bits per heavy atom. The van der Waals surface area contributed by atoms with Crippen LogP contribution in [0.5, 0.6) is 11.5 Å². The predicted molar refractivity (Wildman–Crippen MR) is 145 cm³/mol. The van der Waals surface area contributed by atoms with E-state index in [-0.39, 0.29) is 11.3 Å². The van der Waals surface area contributed by atoms with Crippen LogP contribution in [0.3, 0.4) is 0 Å². The Balaban J connectivity index is 1.63. The summed E-state index contributed by atoms with van der Waals surface area (Å²) in [5, 5.41) is 11.3. The average molecular weight is 521 g/mol. The summed E-state index contributed by atoms with van der Waals surface area (Å²) in [5.41, 5.74) is 1.27. The summed E-state index contributed by atoms with van der Waals surface area (Å²) in [6.07, 6.45) is 3.25. The first-order chi connectivity index (χ1) is 18.5. The number of morpholine rings is 1. The first kappa shape index (κ1) is 27.4. The largest absolute Gasteiger partial charge is 0.507 e. The number of hydrogen-bond donors (Lipinski definition) is 1. The molecule has 2 aliphatic rings. The molecule has 1 atom stereocenters. The third-order valence-corrected chi connectivity index (χ3v) is 6.68. The van der Waals surface area contributed by atoms with Gasteiger partial charge in [-0.3, -0.25) is 14.5 Å². The lowest BCUT2D eigenvalue weighted by atomic mass is 9.95. The van der Waals surface area contributed by atoms with Crippen LogP contribution in [0.4, 0.5) is 0 Å². The molecule has 0 spiro atoms. The summed E-state index contributed by atoms with van der Waals surface area (Å²) >= 11 is 0. The zero-order valence-corrected chi connectivity index (χ0v) is 21.9. The van der Waals surface area contributed by atoms with Crippen molar-refractivity contribution in [1.29, 1.82) is 0 Å². The van der Waals surface area contributed by atoms with Crippen LogP contribution in [0.1, 0.15) is 36.9 Å². The highest BCUT2D eigenvalue weighted by molar-refractivity contribution is 6.46. The van der Waals surface area contributed by atoms with Crippen molar-refractivity contribution in [3.05, 3.63) is 77.9 Å². The second-order valence-corrected chi connectivity index (χ2v) is 9.34. The lowest BCUT2D eigenvalue weighted by Gasteiger charge is -2.29.